The van der Waals surface area contributed by atoms with Gasteiger partial charge in [-0.15, -0.1) is 0 Å². The highest BCUT2D eigenvalue weighted by Crippen LogP contribution is 2.18. The Labute approximate surface area is 385 Å². The minimum absolute atomic E-state index is 0.0631. The van der Waals surface area contributed by atoms with Crippen LogP contribution in [0.3, 0.4) is 0 Å². The lowest BCUT2D eigenvalue weighted by atomic mass is 10.0. The molecule has 364 valence electrons. The van der Waals surface area contributed by atoms with Crippen molar-refractivity contribution in [3.05, 3.63) is 36.5 Å². The number of rotatable bonds is 49. The first-order valence-electron chi connectivity index (χ1n) is 27.2. The standard InChI is InChI=1S/C56H105NO5/c1-4-7-10-13-16-19-22-25-27-28-31-34-37-40-43-46-49-56(61)62-52(47-44-41-38-35-32-29-24-21-18-15-12-9-6-3)50-55(60)57-53(51-58)54(59)48-45-42-39-36-33-30-26-23-20-17-14-11-8-5-2/h18,21,24,27-29,52-54,58-59H,4-17,19-20,22-23,25-26,30-51H2,1-3H3,(H,57,60)/b21-18+,28-27+,29-24+. The zero-order chi connectivity index (χ0) is 45.2. The molecule has 0 aliphatic heterocycles. The molecule has 3 atom stereocenters. The topological polar surface area (TPSA) is 95.9 Å². The highest BCUT2D eigenvalue weighted by Gasteiger charge is 2.24. The third-order valence-electron chi connectivity index (χ3n) is 12.5. The van der Waals surface area contributed by atoms with Gasteiger partial charge >= 0.3 is 5.97 Å². The second-order valence-electron chi connectivity index (χ2n) is 18.7. The van der Waals surface area contributed by atoms with Crippen LogP contribution in [0.1, 0.15) is 284 Å². The van der Waals surface area contributed by atoms with Crippen LogP contribution in [0, 0.1) is 0 Å². The van der Waals surface area contributed by atoms with Crippen LogP contribution >= 0.6 is 0 Å². The molecule has 0 aromatic heterocycles. The Morgan fingerprint density at radius 3 is 1.27 bits per heavy atom. The summed E-state index contributed by atoms with van der Waals surface area (Å²) in [7, 11) is 0. The van der Waals surface area contributed by atoms with Gasteiger partial charge in [-0.05, 0) is 77.0 Å². The summed E-state index contributed by atoms with van der Waals surface area (Å²) in [6.45, 7) is 6.46. The van der Waals surface area contributed by atoms with Crippen LogP contribution in [0.25, 0.3) is 0 Å². The van der Waals surface area contributed by atoms with Crippen molar-refractivity contribution in [3.63, 3.8) is 0 Å². The van der Waals surface area contributed by atoms with Crippen LogP contribution in [0.15, 0.2) is 36.5 Å². The zero-order valence-corrected chi connectivity index (χ0v) is 41.5. The van der Waals surface area contributed by atoms with Crippen molar-refractivity contribution in [2.24, 2.45) is 0 Å². The van der Waals surface area contributed by atoms with E-state index < -0.39 is 18.2 Å². The maximum absolute atomic E-state index is 13.2. The highest BCUT2D eigenvalue weighted by molar-refractivity contribution is 5.77. The number of hydrogen-bond donors (Lipinski definition) is 3. The van der Waals surface area contributed by atoms with E-state index in [1.807, 2.05) is 0 Å². The van der Waals surface area contributed by atoms with Crippen molar-refractivity contribution < 1.29 is 24.5 Å². The van der Waals surface area contributed by atoms with Crippen LogP contribution in [0.4, 0.5) is 0 Å². The summed E-state index contributed by atoms with van der Waals surface area (Å²) in [4.78, 5) is 26.2. The molecule has 0 fully saturated rings. The molecule has 0 aliphatic carbocycles. The minimum atomic E-state index is -0.793. The van der Waals surface area contributed by atoms with Gasteiger partial charge in [0.1, 0.15) is 6.10 Å². The number of hydrogen-bond acceptors (Lipinski definition) is 5. The van der Waals surface area contributed by atoms with Gasteiger partial charge in [0.05, 0.1) is 25.2 Å². The SMILES string of the molecule is CCCCC/C=C/C=C/CCCCCCC(CC(=O)NC(CO)C(O)CCCCCCCCCCCCCCCC)OC(=O)CCCCCCC/C=C/CCCCCCCCC. The summed E-state index contributed by atoms with van der Waals surface area (Å²) in [6, 6.07) is -0.708. The van der Waals surface area contributed by atoms with Gasteiger partial charge in [0.2, 0.25) is 5.91 Å². The molecular formula is C56H105NO5. The van der Waals surface area contributed by atoms with Crippen molar-refractivity contribution in [1.29, 1.82) is 0 Å². The smallest absolute Gasteiger partial charge is 0.306 e. The molecule has 0 spiro atoms. The number of amides is 1. The molecule has 0 radical (unpaired) electrons. The molecule has 0 saturated heterocycles. The number of ether oxygens (including phenoxy) is 1. The second-order valence-corrected chi connectivity index (χ2v) is 18.7. The van der Waals surface area contributed by atoms with Gasteiger partial charge in [-0.2, -0.15) is 0 Å². The number of carbonyl (C=O) groups excluding carboxylic acids is 2. The molecule has 6 nitrogen and oxygen atoms in total. The number of esters is 1. The van der Waals surface area contributed by atoms with E-state index in [-0.39, 0.29) is 24.9 Å². The van der Waals surface area contributed by atoms with Crippen molar-refractivity contribution in [3.8, 4) is 0 Å². The molecule has 0 rings (SSSR count). The Kier molecular flexibility index (Phi) is 48.5. The number of allylic oxidation sites excluding steroid dienone is 6. The molecule has 0 aromatic rings. The van der Waals surface area contributed by atoms with E-state index >= 15 is 0 Å². The molecule has 0 bridgehead atoms. The first kappa shape index (κ1) is 60.1. The fourth-order valence-electron chi connectivity index (χ4n) is 8.30. The number of carbonyl (C=O) groups is 2. The van der Waals surface area contributed by atoms with E-state index in [9.17, 15) is 19.8 Å². The Balaban J connectivity index is 4.57. The average Bonchev–Trinajstić information content (AvgIpc) is 3.26. The molecule has 3 unspecified atom stereocenters. The molecule has 6 heteroatoms. The van der Waals surface area contributed by atoms with Gasteiger partial charge in [-0.1, -0.05) is 231 Å². The van der Waals surface area contributed by atoms with Crippen molar-refractivity contribution in [2.75, 3.05) is 6.61 Å². The summed E-state index contributed by atoms with van der Waals surface area (Å²) in [5, 5.41) is 23.8. The summed E-state index contributed by atoms with van der Waals surface area (Å²) < 4.78 is 5.93. The Morgan fingerprint density at radius 2 is 0.823 bits per heavy atom. The molecule has 62 heavy (non-hydrogen) atoms. The maximum Gasteiger partial charge on any atom is 0.306 e. The van der Waals surface area contributed by atoms with Crippen LogP contribution in [0.5, 0.6) is 0 Å². The fourth-order valence-corrected chi connectivity index (χ4v) is 8.30. The molecule has 0 saturated carbocycles. The van der Waals surface area contributed by atoms with Crippen molar-refractivity contribution in [1.82, 2.24) is 5.32 Å². The van der Waals surface area contributed by atoms with E-state index in [1.54, 1.807) is 0 Å². The lowest BCUT2D eigenvalue weighted by Gasteiger charge is -2.24. The summed E-state index contributed by atoms with van der Waals surface area (Å²) in [5.41, 5.74) is 0. The summed E-state index contributed by atoms with van der Waals surface area (Å²) in [5.74, 6) is -0.494. The minimum Gasteiger partial charge on any atom is -0.462 e. The number of aliphatic hydroxyl groups excluding tert-OH is 2. The average molecular weight is 872 g/mol. The third-order valence-corrected chi connectivity index (χ3v) is 12.5. The quantitative estimate of drug-likeness (QED) is 0.0245. The Bertz CT molecular complexity index is 1020. The van der Waals surface area contributed by atoms with E-state index in [0.29, 0.717) is 19.3 Å². The van der Waals surface area contributed by atoms with Gasteiger partial charge in [0.15, 0.2) is 0 Å². The number of nitrogens with one attached hydrogen (secondary N) is 1. The van der Waals surface area contributed by atoms with Crippen LogP contribution < -0.4 is 5.32 Å². The lowest BCUT2D eigenvalue weighted by Crippen LogP contribution is -2.46. The van der Waals surface area contributed by atoms with Gasteiger partial charge in [-0.3, -0.25) is 9.59 Å². The van der Waals surface area contributed by atoms with Gasteiger partial charge in [-0.25, -0.2) is 0 Å². The zero-order valence-electron chi connectivity index (χ0n) is 41.5. The molecule has 1 amide bonds. The predicted molar refractivity (Wildman–Crippen MR) is 269 cm³/mol. The molecule has 3 N–H and O–H groups in total. The maximum atomic E-state index is 13.2. The number of aliphatic hydroxyl groups is 2. The Morgan fingerprint density at radius 1 is 0.468 bits per heavy atom. The Hall–Kier alpha value is -1.92. The van der Waals surface area contributed by atoms with Crippen molar-refractivity contribution >= 4 is 11.9 Å². The fraction of sp³-hybridized carbons (Fsp3) is 0.857. The van der Waals surface area contributed by atoms with E-state index in [4.69, 9.17) is 4.74 Å². The van der Waals surface area contributed by atoms with Crippen molar-refractivity contribution in [2.45, 2.75) is 302 Å². The number of unbranched alkanes of at least 4 members (excludes halogenated alkanes) is 32. The third kappa shape index (κ3) is 44.7. The monoisotopic (exact) mass is 872 g/mol. The van der Waals surface area contributed by atoms with Crippen LogP contribution in [-0.2, 0) is 14.3 Å². The summed E-state index contributed by atoms with van der Waals surface area (Å²) in [6.07, 6.45) is 59.2. The van der Waals surface area contributed by atoms with Crippen LogP contribution in [0.2, 0.25) is 0 Å². The first-order valence-corrected chi connectivity index (χ1v) is 27.2. The molecule has 0 aliphatic rings. The molecule has 0 heterocycles. The first-order chi connectivity index (χ1) is 30.5. The lowest BCUT2D eigenvalue weighted by molar-refractivity contribution is -0.151. The summed E-state index contributed by atoms with van der Waals surface area (Å²) >= 11 is 0. The molecular weight excluding hydrogens is 767 g/mol. The van der Waals surface area contributed by atoms with Gasteiger partial charge in [0.25, 0.3) is 0 Å². The predicted octanol–water partition coefficient (Wildman–Crippen LogP) is 16.5. The van der Waals surface area contributed by atoms with E-state index in [0.717, 1.165) is 83.5 Å². The second kappa shape index (κ2) is 50.1. The van der Waals surface area contributed by atoms with Gasteiger partial charge in [0, 0.05) is 6.42 Å². The highest BCUT2D eigenvalue weighted by atomic mass is 16.5. The van der Waals surface area contributed by atoms with Gasteiger partial charge < -0.3 is 20.3 Å². The van der Waals surface area contributed by atoms with E-state index in [1.165, 1.54) is 154 Å². The largest absolute Gasteiger partial charge is 0.462 e. The normalized spacial score (nSPS) is 13.4. The molecule has 0 aromatic carbocycles. The van der Waals surface area contributed by atoms with Crippen LogP contribution in [-0.4, -0.2) is 46.9 Å². The van der Waals surface area contributed by atoms with E-state index in [2.05, 4.69) is 62.5 Å².